The van der Waals surface area contributed by atoms with Gasteiger partial charge in [0.25, 0.3) is 0 Å². The van der Waals surface area contributed by atoms with Gasteiger partial charge in [-0.3, -0.25) is 4.40 Å². The van der Waals surface area contributed by atoms with Crippen LogP contribution in [0.15, 0.2) is 30.5 Å². The number of benzene rings is 1. The predicted molar refractivity (Wildman–Crippen MR) is 108 cm³/mol. The summed E-state index contributed by atoms with van der Waals surface area (Å²) in [5, 5.41) is 18.7. The number of hydrogen-bond acceptors (Lipinski definition) is 4. The minimum atomic E-state index is -4.69. The molecular formula is C23H22F5N3O2. The zero-order valence-corrected chi connectivity index (χ0v) is 17.6. The van der Waals surface area contributed by atoms with Crippen molar-refractivity contribution in [3.63, 3.8) is 0 Å². The van der Waals surface area contributed by atoms with E-state index in [1.165, 1.54) is 22.7 Å². The Morgan fingerprint density at radius 3 is 2.39 bits per heavy atom. The van der Waals surface area contributed by atoms with Crippen molar-refractivity contribution in [2.24, 2.45) is 5.92 Å². The maximum Gasteiger partial charge on any atom is 0.423 e. The number of pyridine rings is 1. The molecule has 3 aromatic rings. The van der Waals surface area contributed by atoms with E-state index in [2.05, 4.69) is 10.2 Å². The highest BCUT2D eigenvalue weighted by Crippen LogP contribution is 2.43. The van der Waals surface area contributed by atoms with Crippen LogP contribution < -0.4 is 4.74 Å². The Balaban J connectivity index is 1.36. The number of aromatic nitrogens is 3. The number of alkyl halides is 3. The van der Waals surface area contributed by atoms with Crippen LogP contribution in [0, 0.1) is 17.6 Å². The summed E-state index contributed by atoms with van der Waals surface area (Å²) in [6.45, 7) is 0. The Bertz CT molecular complexity index is 1180. The molecule has 5 rings (SSSR count). The summed E-state index contributed by atoms with van der Waals surface area (Å²) >= 11 is 0. The van der Waals surface area contributed by atoms with Gasteiger partial charge in [-0.25, -0.2) is 8.78 Å². The number of hydrogen-bond donors (Lipinski definition) is 1. The van der Waals surface area contributed by atoms with E-state index >= 15 is 0 Å². The van der Waals surface area contributed by atoms with E-state index in [0.717, 1.165) is 25.0 Å². The molecule has 2 heterocycles. The van der Waals surface area contributed by atoms with E-state index in [4.69, 9.17) is 4.74 Å². The second-order valence-electron chi connectivity index (χ2n) is 8.99. The molecule has 0 bridgehead atoms. The van der Waals surface area contributed by atoms with Crippen LogP contribution in [-0.2, 0) is 18.2 Å². The molecule has 0 unspecified atom stereocenters. The Hall–Kier alpha value is -2.75. The van der Waals surface area contributed by atoms with E-state index in [-0.39, 0.29) is 42.6 Å². The molecule has 0 amide bonds. The Labute approximate surface area is 186 Å². The maximum absolute atomic E-state index is 14.0. The van der Waals surface area contributed by atoms with E-state index in [0.29, 0.717) is 18.2 Å². The molecule has 2 saturated carbocycles. The lowest BCUT2D eigenvalue weighted by molar-refractivity contribution is -0.138. The second-order valence-corrected chi connectivity index (χ2v) is 8.99. The lowest BCUT2D eigenvalue weighted by Gasteiger charge is -2.36. The molecule has 1 N–H and O–H groups in total. The molecule has 2 aliphatic carbocycles. The fraction of sp³-hybridized carbons (Fsp3) is 0.478. The molecule has 0 radical (unpaired) electrons. The quantitative estimate of drug-likeness (QED) is 0.525. The van der Waals surface area contributed by atoms with Crippen LogP contribution in [-0.4, -0.2) is 25.8 Å². The van der Waals surface area contributed by atoms with Crippen molar-refractivity contribution in [3.05, 3.63) is 59.0 Å². The van der Waals surface area contributed by atoms with Crippen LogP contribution in [0.5, 0.6) is 5.75 Å². The number of fused-ring (bicyclic) bond motifs is 1. The number of nitrogens with zero attached hydrogens (tertiary/aromatic N) is 3. The molecule has 2 aliphatic rings. The number of halogens is 5. The smallest absolute Gasteiger partial charge is 0.423 e. The van der Waals surface area contributed by atoms with Crippen molar-refractivity contribution >= 4 is 5.65 Å². The van der Waals surface area contributed by atoms with Crippen LogP contribution in [0.3, 0.4) is 0 Å². The summed E-state index contributed by atoms with van der Waals surface area (Å²) in [6, 6.07) is 4.51. The van der Waals surface area contributed by atoms with E-state index in [1.807, 2.05) is 0 Å². The number of aliphatic hydroxyl groups is 1. The summed E-state index contributed by atoms with van der Waals surface area (Å²) in [6.07, 6.45) is -0.319. The van der Waals surface area contributed by atoms with Crippen LogP contribution in [0.4, 0.5) is 22.0 Å². The minimum Gasteiger partial charge on any atom is -0.490 e. The Kier molecular flexibility index (Phi) is 5.30. The topological polar surface area (TPSA) is 59.7 Å². The summed E-state index contributed by atoms with van der Waals surface area (Å²) in [5.41, 5.74) is -2.41. The van der Waals surface area contributed by atoms with Gasteiger partial charge in [-0.2, -0.15) is 13.2 Å². The normalized spacial score (nSPS) is 23.8. The average Bonchev–Trinajstić information content (AvgIpc) is 3.49. The molecule has 2 aromatic heterocycles. The SMILES string of the molecule is OC1(c2ccc(F)c(F)c2)CCC(Oc2ccn3c(CC4CC4)nnc3c2C(F)(F)F)CC1. The molecular weight excluding hydrogens is 445 g/mol. The Morgan fingerprint density at radius 1 is 1.03 bits per heavy atom. The van der Waals surface area contributed by atoms with Crippen molar-refractivity contribution in [1.82, 2.24) is 14.6 Å². The van der Waals surface area contributed by atoms with Crippen LogP contribution >= 0.6 is 0 Å². The average molecular weight is 467 g/mol. The largest absolute Gasteiger partial charge is 0.490 e. The zero-order valence-electron chi connectivity index (χ0n) is 17.6. The van der Waals surface area contributed by atoms with Crippen LogP contribution in [0.1, 0.15) is 55.5 Å². The summed E-state index contributed by atoms with van der Waals surface area (Å²) in [4.78, 5) is 0. The van der Waals surface area contributed by atoms with Crippen molar-refractivity contribution in [3.8, 4) is 5.75 Å². The number of rotatable bonds is 5. The molecule has 0 spiro atoms. The van der Waals surface area contributed by atoms with E-state index in [1.54, 1.807) is 0 Å². The van der Waals surface area contributed by atoms with Crippen molar-refractivity contribution in [1.29, 1.82) is 0 Å². The van der Waals surface area contributed by atoms with Gasteiger partial charge in [-0.05, 0) is 68.2 Å². The van der Waals surface area contributed by atoms with Crippen LogP contribution in [0.2, 0.25) is 0 Å². The standard InChI is InChI=1S/C23H22F5N3O2/c24-16-4-3-14(12-17(16)25)22(32)8-5-15(6-9-22)33-18-7-10-31-19(11-13-1-2-13)29-30-21(31)20(18)23(26,27)28/h3-4,7,10,12-13,15,32H,1-2,5-6,8-9,11H2. The fourth-order valence-electron chi connectivity index (χ4n) is 4.51. The van der Waals surface area contributed by atoms with Gasteiger partial charge in [0.05, 0.1) is 11.7 Å². The monoisotopic (exact) mass is 467 g/mol. The van der Waals surface area contributed by atoms with Crippen LogP contribution in [0.25, 0.3) is 5.65 Å². The first kappa shape index (κ1) is 22.1. The third kappa shape index (κ3) is 4.28. The molecule has 10 heteroatoms. The minimum absolute atomic E-state index is 0.142. The molecule has 0 atom stereocenters. The second kappa shape index (κ2) is 7.93. The molecule has 33 heavy (non-hydrogen) atoms. The highest BCUT2D eigenvalue weighted by atomic mass is 19.4. The van der Waals surface area contributed by atoms with E-state index in [9.17, 15) is 27.1 Å². The first-order valence-corrected chi connectivity index (χ1v) is 10.9. The first-order chi connectivity index (χ1) is 15.6. The summed E-state index contributed by atoms with van der Waals surface area (Å²) < 4.78 is 75.8. The van der Waals surface area contributed by atoms with Gasteiger partial charge in [-0.1, -0.05) is 6.07 Å². The molecule has 1 aromatic carbocycles. The van der Waals surface area contributed by atoms with Gasteiger partial charge in [0, 0.05) is 12.6 Å². The third-order valence-corrected chi connectivity index (χ3v) is 6.57. The fourth-order valence-corrected chi connectivity index (χ4v) is 4.51. The molecule has 0 aliphatic heterocycles. The number of ether oxygens (including phenoxy) is 1. The molecule has 176 valence electrons. The van der Waals surface area contributed by atoms with Gasteiger partial charge in [0.1, 0.15) is 17.1 Å². The first-order valence-electron chi connectivity index (χ1n) is 10.9. The van der Waals surface area contributed by atoms with Gasteiger partial charge in [0.15, 0.2) is 17.3 Å². The van der Waals surface area contributed by atoms with Gasteiger partial charge in [0.2, 0.25) is 0 Å². The molecule has 0 saturated heterocycles. The van der Waals surface area contributed by atoms with Crippen molar-refractivity contribution < 1.29 is 31.8 Å². The molecule has 5 nitrogen and oxygen atoms in total. The van der Waals surface area contributed by atoms with Gasteiger partial charge >= 0.3 is 6.18 Å². The van der Waals surface area contributed by atoms with E-state index < -0.39 is 35.1 Å². The van der Waals surface area contributed by atoms with Crippen molar-refractivity contribution in [2.75, 3.05) is 0 Å². The highest BCUT2D eigenvalue weighted by molar-refractivity contribution is 5.57. The maximum atomic E-state index is 14.0. The lowest BCUT2D eigenvalue weighted by Crippen LogP contribution is -2.36. The van der Waals surface area contributed by atoms with Gasteiger partial charge in [-0.15, -0.1) is 10.2 Å². The summed E-state index contributed by atoms with van der Waals surface area (Å²) in [7, 11) is 0. The summed E-state index contributed by atoms with van der Waals surface area (Å²) in [5.74, 6) is -1.46. The zero-order chi connectivity index (χ0) is 23.4. The third-order valence-electron chi connectivity index (χ3n) is 6.57. The predicted octanol–water partition coefficient (Wildman–Crippen LogP) is 5.19. The Morgan fingerprint density at radius 2 is 1.76 bits per heavy atom. The molecule has 2 fully saturated rings. The lowest BCUT2D eigenvalue weighted by atomic mass is 9.78. The van der Waals surface area contributed by atoms with Crippen molar-refractivity contribution in [2.45, 2.75) is 62.8 Å². The highest BCUT2D eigenvalue weighted by Gasteiger charge is 2.41. The van der Waals surface area contributed by atoms with Gasteiger partial charge < -0.3 is 9.84 Å².